The molecule has 6 nitrogen and oxygen atoms in total. The van der Waals surface area contributed by atoms with Crippen LogP contribution in [0.2, 0.25) is 10.0 Å². The van der Waals surface area contributed by atoms with Crippen LogP contribution in [0.25, 0.3) is 0 Å². The fraction of sp³-hybridized carbons (Fsp3) is 0.417. The van der Waals surface area contributed by atoms with Crippen molar-refractivity contribution in [1.82, 2.24) is 10.6 Å². The molecule has 9 heteroatoms. The van der Waals surface area contributed by atoms with Crippen LogP contribution in [0.15, 0.2) is 36.4 Å². The number of ether oxygens (including phenoxy) is 2. The topological polar surface area (TPSA) is 76.7 Å². The van der Waals surface area contributed by atoms with Gasteiger partial charge in [-0.2, -0.15) is 0 Å². The van der Waals surface area contributed by atoms with Gasteiger partial charge in [0.1, 0.15) is 17.3 Å². The van der Waals surface area contributed by atoms with Crippen LogP contribution in [0.4, 0.5) is 4.39 Å². The molecule has 174 valence electrons. The highest BCUT2D eigenvalue weighted by Gasteiger charge is 2.58. The van der Waals surface area contributed by atoms with Gasteiger partial charge in [-0.05, 0) is 62.4 Å². The van der Waals surface area contributed by atoms with Crippen molar-refractivity contribution in [3.8, 4) is 11.5 Å². The Morgan fingerprint density at radius 3 is 2.73 bits per heavy atom. The Labute approximate surface area is 200 Å². The summed E-state index contributed by atoms with van der Waals surface area (Å²) in [5, 5.41) is 6.78. The lowest BCUT2D eigenvalue weighted by molar-refractivity contribution is -0.137. The minimum atomic E-state index is -0.990. The molecule has 6 rings (SSSR count). The van der Waals surface area contributed by atoms with Gasteiger partial charge in [0.15, 0.2) is 12.2 Å². The summed E-state index contributed by atoms with van der Waals surface area (Å²) in [6.45, 7) is 1.56. The van der Waals surface area contributed by atoms with E-state index in [-0.39, 0.29) is 40.8 Å². The molecule has 0 saturated heterocycles. The SMILES string of the molecule is C[C@@]1(C(=O)NC23CC(C2)C(NC(=O)COc2ccc(Cl)c(F)c2)C3)Cc2cc(Cl)ccc2O1. The maximum atomic E-state index is 13.5. The number of hydrogen-bond donors (Lipinski definition) is 2. The lowest BCUT2D eigenvalue weighted by Crippen LogP contribution is -2.59. The number of carbonyl (C=O) groups is 2. The summed E-state index contributed by atoms with van der Waals surface area (Å²) in [5.74, 6) is 0.165. The zero-order chi connectivity index (χ0) is 23.4. The third-order valence-corrected chi connectivity index (χ3v) is 7.38. The lowest BCUT2D eigenvalue weighted by atomic mass is 9.76. The molecule has 2 N–H and O–H groups in total. The second kappa shape index (κ2) is 8.06. The number of benzene rings is 2. The van der Waals surface area contributed by atoms with E-state index in [1.54, 1.807) is 19.1 Å². The van der Waals surface area contributed by atoms with E-state index in [2.05, 4.69) is 10.6 Å². The summed E-state index contributed by atoms with van der Waals surface area (Å²) < 4.78 is 24.8. The van der Waals surface area contributed by atoms with E-state index in [1.165, 1.54) is 12.1 Å². The summed E-state index contributed by atoms with van der Waals surface area (Å²) in [5.41, 5.74) is -0.407. The number of carbonyl (C=O) groups excluding carboxylic acids is 2. The first-order chi connectivity index (χ1) is 15.6. The Bertz CT molecular complexity index is 1140. The summed E-state index contributed by atoms with van der Waals surface area (Å²) >= 11 is 11.7. The minimum Gasteiger partial charge on any atom is -0.484 e. The van der Waals surface area contributed by atoms with Gasteiger partial charge in [-0.1, -0.05) is 23.2 Å². The normalized spacial score (nSPS) is 29.0. The summed E-state index contributed by atoms with van der Waals surface area (Å²) in [4.78, 5) is 25.5. The molecule has 3 saturated carbocycles. The molecule has 1 heterocycles. The van der Waals surface area contributed by atoms with Crippen LogP contribution in [0, 0.1) is 11.7 Å². The van der Waals surface area contributed by atoms with Crippen molar-refractivity contribution in [3.05, 3.63) is 57.8 Å². The molecule has 2 atom stereocenters. The van der Waals surface area contributed by atoms with Crippen LogP contribution in [-0.4, -0.2) is 35.6 Å². The van der Waals surface area contributed by atoms with Gasteiger partial charge < -0.3 is 20.1 Å². The van der Waals surface area contributed by atoms with Crippen molar-refractivity contribution < 1.29 is 23.5 Å². The van der Waals surface area contributed by atoms with Crippen molar-refractivity contribution in [2.45, 2.75) is 49.8 Å². The molecule has 1 aliphatic heterocycles. The highest BCUT2D eigenvalue weighted by atomic mass is 35.5. The Balaban J connectivity index is 1.13. The number of hydrogen-bond acceptors (Lipinski definition) is 4. The smallest absolute Gasteiger partial charge is 0.264 e. The van der Waals surface area contributed by atoms with E-state index in [0.29, 0.717) is 29.5 Å². The van der Waals surface area contributed by atoms with Gasteiger partial charge in [0.2, 0.25) is 0 Å². The Hall–Kier alpha value is -2.51. The molecule has 2 amide bonds. The third-order valence-electron chi connectivity index (χ3n) is 6.84. The van der Waals surface area contributed by atoms with Crippen LogP contribution < -0.4 is 20.1 Å². The quantitative estimate of drug-likeness (QED) is 0.637. The zero-order valence-electron chi connectivity index (χ0n) is 17.9. The van der Waals surface area contributed by atoms with Gasteiger partial charge >= 0.3 is 0 Å². The first-order valence-electron chi connectivity index (χ1n) is 10.8. The molecular weight excluding hydrogens is 470 g/mol. The number of amides is 2. The highest BCUT2D eigenvalue weighted by molar-refractivity contribution is 6.31. The van der Waals surface area contributed by atoms with Crippen LogP contribution >= 0.6 is 23.2 Å². The van der Waals surface area contributed by atoms with Gasteiger partial charge in [0.05, 0.1) is 5.02 Å². The van der Waals surface area contributed by atoms with Crippen LogP contribution in [-0.2, 0) is 16.0 Å². The van der Waals surface area contributed by atoms with E-state index in [0.717, 1.165) is 24.5 Å². The molecule has 2 aromatic carbocycles. The third kappa shape index (κ3) is 4.24. The van der Waals surface area contributed by atoms with Gasteiger partial charge in [-0.25, -0.2) is 4.39 Å². The standard InChI is InChI=1S/C24H23Cl2FN2O4/c1-23(8-13-6-15(25)2-5-20(13)33-23)22(31)29-24-9-14(10-24)19(11-24)28-21(30)12-32-16-3-4-17(26)18(27)7-16/h2-7,14,19H,8-12H2,1H3,(H,28,30)(H,29,31)/t14?,19?,23-,24?/m0/s1. The molecule has 3 aliphatic carbocycles. The first-order valence-corrected chi connectivity index (χ1v) is 11.6. The maximum absolute atomic E-state index is 13.5. The molecule has 4 aliphatic rings. The summed E-state index contributed by atoms with van der Waals surface area (Å²) in [6.07, 6.45) is 2.72. The average Bonchev–Trinajstić information content (AvgIpc) is 3.36. The van der Waals surface area contributed by atoms with Crippen molar-refractivity contribution >= 4 is 35.0 Å². The Kier molecular flexibility index (Phi) is 5.45. The molecule has 0 spiro atoms. The predicted octanol–water partition coefficient (Wildman–Crippen LogP) is 4.06. The van der Waals surface area contributed by atoms with Gasteiger partial charge in [-0.15, -0.1) is 0 Å². The van der Waals surface area contributed by atoms with Crippen molar-refractivity contribution in [2.24, 2.45) is 5.92 Å². The minimum absolute atomic E-state index is 0.00517. The van der Waals surface area contributed by atoms with Gasteiger partial charge in [0.25, 0.3) is 11.8 Å². The van der Waals surface area contributed by atoms with Gasteiger partial charge in [-0.3, -0.25) is 9.59 Å². The second-order valence-electron chi connectivity index (χ2n) is 9.41. The van der Waals surface area contributed by atoms with Crippen LogP contribution in [0.1, 0.15) is 31.7 Å². The van der Waals surface area contributed by atoms with Crippen LogP contribution in [0.5, 0.6) is 11.5 Å². The Morgan fingerprint density at radius 1 is 1.18 bits per heavy atom. The van der Waals surface area contributed by atoms with Crippen molar-refractivity contribution in [1.29, 1.82) is 0 Å². The van der Waals surface area contributed by atoms with E-state index in [4.69, 9.17) is 32.7 Å². The van der Waals surface area contributed by atoms with E-state index >= 15 is 0 Å². The van der Waals surface area contributed by atoms with Crippen molar-refractivity contribution in [2.75, 3.05) is 6.61 Å². The maximum Gasteiger partial charge on any atom is 0.264 e. The molecule has 3 fully saturated rings. The van der Waals surface area contributed by atoms with Crippen molar-refractivity contribution in [3.63, 3.8) is 0 Å². The monoisotopic (exact) mass is 492 g/mol. The molecule has 2 aromatic rings. The van der Waals surface area contributed by atoms with E-state index in [9.17, 15) is 14.0 Å². The van der Waals surface area contributed by atoms with E-state index in [1.807, 2.05) is 6.07 Å². The van der Waals surface area contributed by atoms with E-state index < -0.39 is 11.4 Å². The fourth-order valence-electron chi connectivity index (χ4n) is 5.20. The fourth-order valence-corrected chi connectivity index (χ4v) is 5.51. The number of nitrogens with one attached hydrogen (secondary N) is 2. The van der Waals surface area contributed by atoms with Crippen LogP contribution in [0.3, 0.4) is 0 Å². The molecule has 1 unspecified atom stereocenters. The highest BCUT2D eigenvalue weighted by Crippen LogP contribution is 2.52. The Morgan fingerprint density at radius 2 is 1.97 bits per heavy atom. The van der Waals surface area contributed by atoms with Gasteiger partial charge in [0, 0.05) is 34.7 Å². The largest absolute Gasteiger partial charge is 0.484 e. The number of halogens is 3. The molecule has 0 aromatic heterocycles. The molecule has 2 bridgehead atoms. The molecule has 0 radical (unpaired) electrons. The zero-order valence-corrected chi connectivity index (χ0v) is 19.4. The average molecular weight is 493 g/mol. The molecular formula is C24H23Cl2FN2O4. The first kappa shape index (κ1) is 22.3. The number of rotatable bonds is 6. The lowest BCUT2D eigenvalue weighted by Gasteiger charge is -2.41. The summed E-state index contributed by atoms with van der Waals surface area (Å²) in [6, 6.07) is 9.35. The molecule has 33 heavy (non-hydrogen) atoms. The number of fused-ring (bicyclic) bond motifs is 2. The predicted molar refractivity (Wildman–Crippen MR) is 121 cm³/mol. The summed E-state index contributed by atoms with van der Waals surface area (Å²) in [7, 11) is 0. The second-order valence-corrected chi connectivity index (χ2v) is 10.3.